The van der Waals surface area contributed by atoms with E-state index in [1.54, 1.807) is 18.5 Å². The summed E-state index contributed by atoms with van der Waals surface area (Å²) in [6.07, 6.45) is 1.47. The molecule has 3 rings (SSSR count). The third-order valence-electron chi connectivity index (χ3n) is 3.76. The first kappa shape index (κ1) is 14.6. The number of hydrogen-bond donors (Lipinski definition) is 0. The van der Waals surface area contributed by atoms with Crippen LogP contribution < -0.4 is 0 Å². The Labute approximate surface area is 127 Å². The van der Waals surface area contributed by atoms with Crippen LogP contribution in [0.25, 0.3) is 0 Å². The lowest BCUT2D eigenvalue weighted by Gasteiger charge is -2.32. The van der Waals surface area contributed by atoms with Crippen LogP contribution in [0.3, 0.4) is 0 Å². The van der Waals surface area contributed by atoms with Crippen molar-refractivity contribution >= 4 is 0 Å². The van der Waals surface area contributed by atoms with E-state index < -0.39 is 0 Å². The minimum Gasteiger partial charge on any atom is -0.368 e. The first-order valence-corrected chi connectivity index (χ1v) is 7.03. The van der Waals surface area contributed by atoms with Gasteiger partial charge < -0.3 is 9.30 Å². The van der Waals surface area contributed by atoms with Crippen LogP contribution in [0.5, 0.6) is 0 Å². The van der Waals surface area contributed by atoms with E-state index in [4.69, 9.17) is 10.00 Å². The van der Waals surface area contributed by atoms with E-state index in [1.807, 2.05) is 17.7 Å². The third-order valence-corrected chi connectivity index (χ3v) is 3.76. The first-order chi connectivity index (χ1) is 10.7. The molecule has 1 atom stereocenters. The molecule has 1 fully saturated rings. The summed E-state index contributed by atoms with van der Waals surface area (Å²) in [5, 5.41) is 16.7. The maximum atomic E-state index is 14.0. The maximum Gasteiger partial charge on any atom is 0.163 e. The molecular weight excluding hydrogens is 285 g/mol. The number of hydrogen-bond acceptors (Lipinski definition) is 5. The van der Waals surface area contributed by atoms with E-state index >= 15 is 0 Å². The van der Waals surface area contributed by atoms with Crippen LogP contribution in [0.2, 0.25) is 0 Å². The van der Waals surface area contributed by atoms with Crippen LogP contribution in [0, 0.1) is 17.1 Å². The summed E-state index contributed by atoms with van der Waals surface area (Å²) in [5.41, 5.74) is 0.915. The lowest BCUT2D eigenvalue weighted by Crippen LogP contribution is -2.38. The van der Waals surface area contributed by atoms with E-state index in [1.165, 1.54) is 6.07 Å². The summed E-state index contributed by atoms with van der Waals surface area (Å²) in [4.78, 5) is 2.12. The fourth-order valence-electron chi connectivity index (χ4n) is 2.57. The molecule has 0 aliphatic carbocycles. The molecule has 1 saturated heterocycles. The molecule has 114 valence electrons. The summed E-state index contributed by atoms with van der Waals surface area (Å²) >= 11 is 0. The molecule has 6 nitrogen and oxygen atoms in total. The zero-order valence-corrected chi connectivity index (χ0v) is 12.2. The molecule has 2 aromatic rings. The minimum atomic E-state index is -0.347. The Hall–Kier alpha value is -2.30. The molecule has 2 heterocycles. The van der Waals surface area contributed by atoms with Crippen molar-refractivity contribution in [3.63, 3.8) is 0 Å². The van der Waals surface area contributed by atoms with Gasteiger partial charge in [0.25, 0.3) is 0 Å². The lowest BCUT2D eigenvalue weighted by molar-refractivity contribution is -0.0388. The molecule has 0 radical (unpaired) electrons. The van der Waals surface area contributed by atoms with Gasteiger partial charge in [0.1, 0.15) is 18.2 Å². The van der Waals surface area contributed by atoms with Crippen LogP contribution in [-0.2, 0) is 18.3 Å². The van der Waals surface area contributed by atoms with Gasteiger partial charge in [-0.25, -0.2) is 4.39 Å². The first-order valence-electron chi connectivity index (χ1n) is 7.03. The zero-order chi connectivity index (χ0) is 15.5. The molecule has 0 saturated carbocycles. The van der Waals surface area contributed by atoms with E-state index in [0.717, 1.165) is 12.4 Å². The Bertz CT molecular complexity index is 708. The Balaban J connectivity index is 1.71. The van der Waals surface area contributed by atoms with Gasteiger partial charge in [-0.15, -0.1) is 10.2 Å². The van der Waals surface area contributed by atoms with Gasteiger partial charge in [-0.05, 0) is 12.1 Å². The predicted octanol–water partition coefficient (Wildman–Crippen LogP) is 1.40. The van der Waals surface area contributed by atoms with Crippen molar-refractivity contribution in [2.24, 2.45) is 7.05 Å². The van der Waals surface area contributed by atoms with Gasteiger partial charge in [0.2, 0.25) is 0 Å². The number of ether oxygens (including phenoxy) is 1. The van der Waals surface area contributed by atoms with Crippen LogP contribution in [0.15, 0.2) is 24.5 Å². The van der Waals surface area contributed by atoms with Crippen LogP contribution in [0.4, 0.5) is 4.39 Å². The second-order valence-electron chi connectivity index (χ2n) is 5.31. The minimum absolute atomic E-state index is 0.164. The quantitative estimate of drug-likeness (QED) is 0.857. The fraction of sp³-hybridized carbons (Fsp3) is 0.400. The second kappa shape index (κ2) is 6.22. The van der Waals surface area contributed by atoms with Crippen molar-refractivity contribution in [1.29, 1.82) is 5.26 Å². The molecule has 1 aromatic carbocycles. The number of nitrogens with zero attached hydrogens (tertiary/aromatic N) is 5. The zero-order valence-electron chi connectivity index (χ0n) is 12.2. The molecule has 0 bridgehead atoms. The maximum absolute atomic E-state index is 14.0. The van der Waals surface area contributed by atoms with Gasteiger partial charge in [-0.1, -0.05) is 6.07 Å². The van der Waals surface area contributed by atoms with Crippen LogP contribution in [-0.4, -0.2) is 39.4 Å². The fourth-order valence-corrected chi connectivity index (χ4v) is 2.57. The highest BCUT2D eigenvalue weighted by Gasteiger charge is 2.25. The van der Waals surface area contributed by atoms with Gasteiger partial charge >= 0.3 is 0 Å². The number of aromatic nitrogens is 3. The van der Waals surface area contributed by atoms with Crippen molar-refractivity contribution in [2.45, 2.75) is 12.6 Å². The molecule has 1 aliphatic heterocycles. The molecule has 0 spiro atoms. The summed E-state index contributed by atoms with van der Waals surface area (Å²) < 4.78 is 21.6. The number of benzene rings is 1. The molecule has 0 N–H and O–H groups in total. The van der Waals surface area contributed by atoms with Gasteiger partial charge in [0, 0.05) is 32.2 Å². The van der Waals surface area contributed by atoms with Crippen molar-refractivity contribution in [1.82, 2.24) is 19.7 Å². The topological polar surface area (TPSA) is 67.0 Å². The number of nitriles is 1. The van der Waals surface area contributed by atoms with Gasteiger partial charge in [0.15, 0.2) is 5.82 Å². The van der Waals surface area contributed by atoms with Gasteiger partial charge in [0.05, 0.1) is 18.2 Å². The molecule has 22 heavy (non-hydrogen) atoms. The average Bonchev–Trinajstić information content (AvgIpc) is 2.96. The Morgan fingerprint density at radius 3 is 3.05 bits per heavy atom. The van der Waals surface area contributed by atoms with E-state index in [2.05, 4.69) is 15.1 Å². The number of morpholine rings is 1. The van der Waals surface area contributed by atoms with Crippen molar-refractivity contribution in [2.75, 3.05) is 19.7 Å². The number of halogens is 1. The highest BCUT2D eigenvalue weighted by Crippen LogP contribution is 2.22. The summed E-state index contributed by atoms with van der Waals surface area (Å²) in [7, 11) is 1.87. The standard InChI is InChI=1S/C15H16FN5O/c1-20-10-18-19-15(20)14-9-21(4-5-22-14)8-12-3-2-11(7-17)6-13(12)16/h2-3,6,10,14H,4-5,8-9H2,1H3/t14-/m1/s1. The molecule has 0 amide bonds. The van der Waals surface area contributed by atoms with Gasteiger partial charge in [-0.2, -0.15) is 5.26 Å². The van der Waals surface area contributed by atoms with E-state index in [9.17, 15) is 4.39 Å². The summed E-state index contributed by atoms with van der Waals surface area (Å²) in [6.45, 7) is 2.41. The SMILES string of the molecule is Cn1cnnc1[C@H]1CN(Cc2ccc(C#N)cc2F)CCO1. The van der Waals surface area contributed by atoms with Crippen LogP contribution in [0.1, 0.15) is 23.1 Å². The van der Waals surface area contributed by atoms with Crippen LogP contribution >= 0.6 is 0 Å². The predicted molar refractivity (Wildman–Crippen MR) is 76.1 cm³/mol. The monoisotopic (exact) mass is 301 g/mol. The Kier molecular flexibility index (Phi) is 4.13. The van der Waals surface area contributed by atoms with E-state index in [-0.39, 0.29) is 11.9 Å². The van der Waals surface area contributed by atoms with E-state index in [0.29, 0.717) is 30.8 Å². The van der Waals surface area contributed by atoms with Gasteiger partial charge in [-0.3, -0.25) is 4.90 Å². The summed E-state index contributed by atoms with van der Waals surface area (Å²) in [6, 6.07) is 6.52. The molecule has 1 aromatic heterocycles. The highest BCUT2D eigenvalue weighted by atomic mass is 19.1. The van der Waals surface area contributed by atoms with Crippen molar-refractivity contribution in [3.8, 4) is 6.07 Å². The van der Waals surface area contributed by atoms with Crippen molar-refractivity contribution < 1.29 is 9.13 Å². The molecule has 7 heteroatoms. The largest absolute Gasteiger partial charge is 0.368 e. The Morgan fingerprint density at radius 1 is 1.50 bits per heavy atom. The van der Waals surface area contributed by atoms with Crippen molar-refractivity contribution in [3.05, 3.63) is 47.3 Å². The third kappa shape index (κ3) is 2.98. The number of aryl methyl sites for hydroxylation is 1. The molecular formula is C15H16FN5O. The second-order valence-corrected chi connectivity index (χ2v) is 5.31. The average molecular weight is 301 g/mol. The number of rotatable bonds is 3. The molecule has 0 unspecified atom stereocenters. The summed E-state index contributed by atoms with van der Waals surface area (Å²) in [5.74, 6) is 0.422. The smallest absolute Gasteiger partial charge is 0.163 e. The lowest BCUT2D eigenvalue weighted by atomic mass is 10.1. The molecule has 1 aliphatic rings. The Morgan fingerprint density at radius 2 is 2.36 bits per heavy atom. The highest BCUT2D eigenvalue weighted by molar-refractivity contribution is 5.32. The normalized spacial score (nSPS) is 19.0.